The molecule has 5 atom stereocenters. The molecule has 0 aromatic heterocycles. The summed E-state index contributed by atoms with van der Waals surface area (Å²) in [5.74, 6) is -0.801. The maximum atomic E-state index is 12.6. The quantitative estimate of drug-likeness (QED) is 0.590. The zero-order chi connectivity index (χ0) is 18.0. The minimum atomic E-state index is -0.700. The normalized spacial score (nSPS) is 40.1. The van der Waals surface area contributed by atoms with Crippen LogP contribution in [0.3, 0.4) is 0 Å². The molecular formula is C20H31NO4. The molecule has 1 aliphatic carbocycles. The molecule has 2 heterocycles. The van der Waals surface area contributed by atoms with E-state index in [0.717, 1.165) is 25.1 Å². The van der Waals surface area contributed by atoms with E-state index in [4.69, 9.17) is 4.74 Å². The lowest BCUT2D eigenvalue weighted by Gasteiger charge is -2.32. The molecule has 0 spiro atoms. The number of rotatable bonds is 2. The minimum Gasteiger partial charge on any atom is -0.461 e. The second-order valence-corrected chi connectivity index (χ2v) is 7.94. The van der Waals surface area contributed by atoms with Crippen LogP contribution in [0.25, 0.3) is 0 Å². The van der Waals surface area contributed by atoms with Crippen molar-refractivity contribution in [3.8, 4) is 0 Å². The Labute approximate surface area is 150 Å². The van der Waals surface area contributed by atoms with Gasteiger partial charge in [0.15, 0.2) is 0 Å². The Morgan fingerprint density at radius 3 is 2.72 bits per heavy atom. The Kier molecular flexibility index (Phi) is 5.97. The molecule has 0 amide bonds. The van der Waals surface area contributed by atoms with E-state index in [0.29, 0.717) is 25.0 Å². The number of esters is 1. The average molecular weight is 349 g/mol. The van der Waals surface area contributed by atoms with Crippen LogP contribution in [0.1, 0.15) is 45.4 Å². The van der Waals surface area contributed by atoms with Gasteiger partial charge in [-0.2, -0.15) is 0 Å². The highest BCUT2D eigenvalue weighted by Crippen LogP contribution is 2.37. The zero-order valence-corrected chi connectivity index (χ0v) is 15.2. The fraction of sp³-hybridized carbons (Fsp3) is 0.750. The molecule has 0 aromatic carbocycles. The van der Waals surface area contributed by atoms with Gasteiger partial charge in [0.25, 0.3) is 0 Å². The lowest BCUT2D eigenvalue weighted by atomic mass is 9.80. The fourth-order valence-electron chi connectivity index (χ4n) is 4.43. The van der Waals surface area contributed by atoms with Crippen molar-refractivity contribution in [2.75, 3.05) is 19.6 Å². The SMILES string of the molecule is C=C1C[C@@H]2OC(=O)C(CN3CCCCC3)C2[C@H](O)/C=C(\C)CC[C@@H]1O. The number of likely N-dealkylation sites (tertiary alicyclic amines) is 1. The van der Waals surface area contributed by atoms with E-state index < -0.39 is 18.3 Å². The van der Waals surface area contributed by atoms with Crippen LogP contribution in [0.15, 0.2) is 23.8 Å². The predicted molar refractivity (Wildman–Crippen MR) is 95.9 cm³/mol. The highest BCUT2D eigenvalue weighted by molar-refractivity contribution is 5.76. The van der Waals surface area contributed by atoms with Gasteiger partial charge >= 0.3 is 5.97 Å². The van der Waals surface area contributed by atoms with E-state index in [1.807, 2.05) is 13.0 Å². The van der Waals surface area contributed by atoms with E-state index in [1.165, 1.54) is 19.3 Å². The number of hydrogen-bond acceptors (Lipinski definition) is 5. The number of carbonyl (C=O) groups excluding carboxylic acids is 1. The zero-order valence-electron chi connectivity index (χ0n) is 15.2. The van der Waals surface area contributed by atoms with Gasteiger partial charge in [0.2, 0.25) is 0 Å². The summed E-state index contributed by atoms with van der Waals surface area (Å²) in [6, 6.07) is 0. The van der Waals surface area contributed by atoms with Crippen molar-refractivity contribution in [1.82, 2.24) is 4.90 Å². The molecule has 0 radical (unpaired) electrons. The Morgan fingerprint density at radius 1 is 1.28 bits per heavy atom. The number of hydrogen-bond donors (Lipinski definition) is 2. The van der Waals surface area contributed by atoms with Crippen LogP contribution in [0.4, 0.5) is 0 Å². The molecule has 0 saturated carbocycles. The summed E-state index contributed by atoms with van der Waals surface area (Å²) >= 11 is 0. The number of piperidine rings is 1. The lowest BCUT2D eigenvalue weighted by molar-refractivity contribution is -0.144. The average Bonchev–Trinajstić information content (AvgIpc) is 2.88. The number of carbonyl (C=O) groups is 1. The van der Waals surface area contributed by atoms with Crippen LogP contribution in [-0.4, -0.2) is 59.0 Å². The standard InChI is InChI=1S/C20H31NO4/c1-13-6-7-16(22)14(2)11-18-19(17(23)10-13)15(20(24)25-18)12-21-8-4-3-5-9-21/h10,15-19,22-23H,2-9,11-12H2,1H3/b13-10+/t15?,16-,17+,18-,19?/m0/s1. The smallest absolute Gasteiger partial charge is 0.311 e. The van der Waals surface area contributed by atoms with Crippen LogP contribution < -0.4 is 0 Å². The van der Waals surface area contributed by atoms with Crippen LogP contribution in [0.2, 0.25) is 0 Å². The Morgan fingerprint density at radius 2 is 2.00 bits per heavy atom. The molecule has 0 aromatic rings. The van der Waals surface area contributed by atoms with Gasteiger partial charge in [0.1, 0.15) is 6.10 Å². The maximum absolute atomic E-state index is 12.6. The Balaban J connectivity index is 1.82. The number of allylic oxidation sites excluding steroid dienone is 1. The van der Waals surface area contributed by atoms with E-state index in [1.54, 1.807) is 0 Å². The molecule has 140 valence electrons. The topological polar surface area (TPSA) is 70.0 Å². The largest absolute Gasteiger partial charge is 0.461 e. The summed E-state index contributed by atoms with van der Waals surface area (Å²) in [7, 11) is 0. The summed E-state index contributed by atoms with van der Waals surface area (Å²) < 4.78 is 5.65. The van der Waals surface area contributed by atoms with Crippen LogP contribution in [0, 0.1) is 11.8 Å². The molecule has 2 N–H and O–H groups in total. The molecule has 2 aliphatic heterocycles. The van der Waals surface area contributed by atoms with E-state index >= 15 is 0 Å². The second-order valence-electron chi connectivity index (χ2n) is 7.94. The fourth-order valence-corrected chi connectivity index (χ4v) is 4.43. The summed E-state index contributed by atoms with van der Waals surface area (Å²) in [4.78, 5) is 14.9. The van der Waals surface area contributed by atoms with Crippen molar-refractivity contribution in [2.45, 2.75) is 63.8 Å². The van der Waals surface area contributed by atoms with E-state index in [-0.39, 0.29) is 17.8 Å². The first-order chi connectivity index (χ1) is 12.0. The molecule has 2 fully saturated rings. The first-order valence-corrected chi connectivity index (χ1v) is 9.59. The summed E-state index contributed by atoms with van der Waals surface area (Å²) in [5.41, 5.74) is 1.74. The number of fused-ring (bicyclic) bond motifs is 1. The second kappa shape index (κ2) is 8.02. The van der Waals surface area contributed by atoms with Crippen LogP contribution in [-0.2, 0) is 9.53 Å². The van der Waals surface area contributed by atoms with Gasteiger partial charge in [-0.25, -0.2) is 0 Å². The number of aliphatic hydroxyl groups is 2. The molecule has 25 heavy (non-hydrogen) atoms. The molecule has 2 saturated heterocycles. The molecule has 0 bridgehead atoms. The number of ether oxygens (including phenoxy) is 1. The Bertz CT molecular complexity index is 538. The molecule has 3 rings (SSSR count). The highest BCUT2D eigenvalue weighted by Gasteiger charge is 2.48. The van der Waals surface area contributed by atoms with Gasteiger partial charge < -0.3 is 19.8 Å². The summed E-state index contributed by atoms with van der Waals surface area (Å²) in [6.45, 7) is 8.63. The monoisotopic (exact) mass is 349 g/mol. The lowest BCUT2D eigenvalue weighted by Crippen LogP contribution is -2.41. The van der Waals surface area contributed by atoms with E-state index in [9.17, 15) is 15.0 Å². The first-order valence-electron chi connectivity index (χ1n) is 9.59. The van der Waals surface area contributed by atoms with Gasteiger partial charge in [0, 0.05) is 18.9 Å². The van der Waals surface area contributed by atoms with Gasteiger partial charge in [-0.3, -0.25) is 4.79 Å². The van der Waals surface area contributed by atoms with Crippen LogP contribution >= 0.6 is 0 Å². The molecule has 5 nitrogen and oxygen atoms in total. The summed E-state index contributed by atoms with van der Waals surface area (Å²) in [6.07, 6.45) is 5.49. The van der Waals surface area contributed by atoms with E-state index in [2.05, 4.69) is 11.5 Å². The van der Waals surface area contributed by atoms with Crippen molar-refractivity contribution >= 4 is 5.97 Å². The Hall–Kier alpha value is -1.17. The highest BCUT2D eigenvalue weighted by atomic mass is 16.6. The number of nitrogens with zero attached hydrogens (tertiary/aromatic N) is 1. The van der Waals surface area contributed by atoms with Gasteiger partial charge in [-0.1, -0.05) is 24.6 Å². The third-order valence-corrected chi connectivity index (χ3v) is 5.96. The first kappa shape index (κ1) is 18.6. The van der Waals surface area contributed by atoms with Crippen molar-refractivity contribution in [1.29, 1.82) is 0 Å². The van der Waals surface area contributed by atoms with Crippen molar-refractivity contribution in [3.63, 3.8) is 0 Å². The van der Waals surface area contributed by atoms with Gasteiger partial charge in [-0.15, -0.1) is 0 Å². The maximum Gasteiger partial charge on any atom is 0.311 e. The molecule has 3 aliphatic rings. The van der Waals surface area contributed by atoms with Crippen LogP contribution in [0.5, 0.6) is 0 Å². The van der Waals surface area contributed by atoms with Crippen molar-refractivity contribution in [3.05, 3.63) is 23.8 Å². The van der Waals surface area contributed by atoms with Crippen molar-refractivity contribution in [2.24, 2.45) is 11.8 Å². The predicted octanol–water partition coefficient (Wildman–Crippen LogP) is 2.04. The van der Waals surface area contributed by atoms with Crippen molar-refractivity contribution < 1.29 is 19.7 Å². The third kappa shape index (κ3) is 4.33. The third-order valence-electron chi connectivity index (χ3n) is 5.96. The van der Waals surface area contributed by atoms with Gasteiger partial charge in [-0.05, 0) is 51.3 Å². The number of aliphatic hydroxyl groups excluding tert-OH is 2. The molecule has 2 unspecified atom stereocenters. The minimum absolute atomic E-state index is 0.216. The van der Waals surface area contributed by atoms with Gasteiger partial charge in [0.05, 0.1) is 18.1 Å². The summed E-state index contributed by atoms with van der Waals surface area (Å²) in [5, 5.41) is 21.1. The molecule has 5 heteroatoms. The molecular weight excluding hydrogens is 318 g/mol.